The van der Waals surface area contributed by atoms with Crippen molar-refractivity contribution >= 4 is 29.3 Å². The number of hydrogen-bond donors (Lipinski definition) is 2. The van der Waals surface area contributed by atoms with Crippen LogP contribution in [0.2, 0.25) is 0 Å². The van der Waals surface area contributed by atoms with E-state index in [0.717, 1.165) is 18.4 Å². The van der Waals surface area contributed by atoms with Gasteiger partial charge in [0.1, 0.15) is 11.5 Å². The molecule has 10 nitrogen and oxygen atoms in total. The van der Waals surface area contributed by atoms with Crippen LogP contribution in [0.15, 0.2) is 91.0 Å². The second kappa shape index (κ2) is 19.5. The van der Waals surface area contributed by atoms with Gasteiger partial charge in [-0.15, -0.1) is 0 Å². The van der Waals surface area contributed by atoms with Gasteiger partial charge in [-0.2, -0.15) is 0 Å². The van der Waals surface area contributed by atoms with E-state index in [1.54, 1.807) is 86.0 Å². The van der Waals surface area contributed by atoms with Crippen LogP contribution in [-0.4, -0.2) is 50.4 Å². The number of hydrogen-bond acceptors (Lipinski definition) is 8. The first-order chi connectivity index (χ1) is 24.7. The number of methoxy groups -OCH3 is 2. The normalized spacial score (nSPS) is 11.2. The van der Waals surface area contributed by atoms with E-state index in [0.29, 0.717) is 40.7 Å². The molecule has 4 rings (SSSR count). The van der Waals surface area contributed by atoms with E-state index >= 15 is 0 Å². The summed E-state index contributed by atoms with van der Waals surface area (Å²) in [5, 5.41) is 5.61. The predicted octanol–water partition coefficient (Wildman–Crippen LogP) is 7.38. The average Bonchev–Trinajstić information content (AvgIpc) is 3.13. The van der Waals surface area contributed by atoms with Crippen molar-refractivity contribution < 1.29 is 38.1 Å². The van der Waals surface area contributed by atoms with Gasteiger partial charge in [0, 0.05) is 11.3 Å². The highest BCUT2D eigenvalue weighted by atomic mass is 16.6. The summed E-state index contributed by atoms with van der Waals surface area (Å²) in [5.74, 6) is 0.396. The quantitative estimate of drug-likeness (QED) is 0.0591. The Balaban J connectivity index is 1.33. The van der Waals surface area contributed by atoms with Crippen molar-refractivity contribution in [2.45, 2.75) is 64.8 Å². The Hall–Kier alpha value is -5.64. The minimum atomic E-state index is -0.846. The molecule has 1 unspecified atom stereocenters. The minimum absolute atomic E-state index is 0.149. The molecular weight excluding hydrogens is 648 g/mol. The number of unbranched alkanes of at least 4 members (excludes halogenated alkanes) is 4. The third-order valence-electron chi connectivity index (χ3n) is 8.21. The van der Waals surface area contributed by atoms with Crippen molar-refractivity contribution in [3.05, 3.63) is 113 Å². The van der Waals surface area contributed by atoms with E-state index in [4.69, 9.17) is 18.9 Å². The number of amides is 2. The summed E-state index contributed by atoms with van der Waals surface area (Å²) in [5.41, 5.74) is 2.59. The number of benzene rings is 4. The Bertz CT molecular complexity index is 1770. The number of rotatable bonds is 19. The maximum atomic E-state index is 13.2. The van der Waals surface area contributed by atoms with Gasteiger partial charge in [0.05, 0.1) is 38.9 Å². The highest BCUT2D eigenvalue weighted by molar-refractivity contribution is 5.99. The third kappa shape index (κ3) is 12.0. The molecule has 0 bridgehead atoms. The molecule has 0 spiro atoms. The first-order valence-corrected chi connectivity index (χ1v) is 17.1. The van der Waals surface area contributed by atoms with Crippen LogP contribution in [0.1, 0.15) is 77.8 Å². The molecule has 0 aliphatic heterocycles. The van der Waals surface area contributed by atoms with Crippen molar-refractivity contribution in [3.8, 4) is 23.0 Å². The van der Waals surface area contributed by atoms with Gasteiger partial charge in [-0.25, -0.2) is 4.79 Å². The lowest BCUT2D eigenvalue weighted by atomic mass is 10.0. The van der Waals surface area contributed by atoms with E-state index in [-0.39, 0.29) is 35.8 Å². The molecule has 10 heteroatoms. The maximum Gasteiger partial charge on any atom is 0.343 e. The van der Waals surface area contributed by atoms with Crippen LogP contribution in [0.3, 0.4) is 0 Å². The van der Waals surface area contributed by atoms with Gasteiger partial charge in [0.15, 0.2) is 17.3 Å². The Labute approximate surface area is 299 Å². The fraction of sp³-hybridized carbons (Fsp3) is 0.317. The average molecular weight is 695 g/mol. The molecule has 268 valence electrons. The summed E-state index contributed by atoms with van der Waals surface area (Å²) in [6, 6.07) is 24.6. The number of nitrogens with one attached hydrogen (secondary N) is 2. The van der Waals surface area contributed by atoms with Gasteiger partial charge < -0.3 is 29.6 Å². The van der Waals surface area contributed by atoms with Gasteiger partial charge >= 0.3 is 5.97 Å². The van der Waals surface area contributed by atoms with Crippen molar-refractivity contribution in [1.29, 1.82) is 0 Å². The largest absolute Gasteiger partial charge is 0.497 e. The fourth-order valence-electron chi connectivity index (χ4n) is 5.31. The third-order valence-corrected chi connectivity index (χ3v) is 8.21. The van der Waals surface area contributed by atoms with E-state index in [1.807, 2.05) is 12.1 Å². The molecule has 4 aromatic rings. The number of carbonyl (C=O) groups is 4. The number of ketones is 1. The van der Waals surface area contributed by atoms with E-state index in [2.05, 4.69) is 17.6 Å². The van der Waals surface area contributed by atoms with E-state index in [1.165, 1.54) is 33.3 Å². The predicted molar refractivity (Wildman–Crippen MR) is 196 cm³/mol. The monoisotopic (exact) mass is 694 g/mol. The summed E-state index contributed by atoms with van der Waals surface area (Å²) in [6.07, 6.45) is 6.07. The summed E-state index contributed by atoms with van der Waals surface area (Å²) >= 11 is 0. The zero-order valence-corrected chi connectivity index (χ0v) is 29.7. The molecule has 0 aromatic heterocycles. The lowest BCUT2D eigenvalue weighted by molar-refractivity contribution is -0.119. The molecule has 0 aliphatic carbocycles. The highest BCUT2D eigenvalue weighted by Gasteiger charge is 2.21. The first kappa shape index (κ1) is 38.2. The molecule has 2 N–H and O–H groups in total. The lowest BCUT2D eigenvalue weighted by Gasteiger charge is -2.18. The smallest absolute Gasteiger partial charge is 0.343 e. The van der Waals surface area contributed by atoms with Crippen LogP contribution in [-0.2, 0) is 22.4 Å². The van der Waals surface area contributed by atoms with Crippen LogP contribution in [0.25, 0.3) is 0 Å². The van der Waals surface area contributed by atoms with Gasteiger partial charge in [-0.1, -0.05) is 56.9 Å². The van der Waals surface area contributed by atoms with Crippen molar-refractivity contribution in [2.24, 2.45) is 0 Å². The van der Waals surface area contributed by atoms with Crippen LogP contribution in [0.5, 0.6) is 23.0 Å². The maximum absolute atomic E-state index is 13.2. The van der Waals surface area contributed by atoms with Gasteiger partial charge in [-0.05, 0) is 97.6 Å². The summed E-state index contributed by atoms with van der Waals surface area (Å²) in [7, 11) is 3.03. The Morgan fingerprint density at radius 1 is 0.706 bits per heavy atom. The summed E-state index contributed by atoms with van der Waals surface area (Å²) in [6.45, 7) is 4.21. The van der Waals surface area contributed by atoms with Crippen LogP contribution in [0, 0.1) is 0 Å². The molecule has 0 saturated carbocycles. The van der Waals surface area contributed by atoms with Crippen LogP contribution in [0.4, 0.5) is 5.69 Å². The molecule has 0 aliphatic rings. The molecule has 0 saturated heterocycles. The van der Waals surface area contributed by atoms with Crippen molar-refractivity contribution in [2.75, 3.05) is 26.1 Å². The Morgan fingerprint density at radius 2 is 1.41 bits per heavy atom. The molecule has 51 heavy (non-hydrogen) atoms. The van der Waals surface area contributed by atoms with E-state index < -0.39 is 17.9 Å². The minimum Gasteiger partial charge on any atom is -0.497 e. The summed E-state index contributed by atoms with van der Waals surface area (Å²) in [4.78, 5) is 51.4. The van der Waals surface area contributed by atoms with Crippen LogP contribution < -0.4 is 29.6 Å². The fourth-order valence-corrected chi connectivity index (χ4v) is 5.31. The van der Waals surface area contributed by atoms with Gasteiger partial charge in [0.25, 0.3) is 5.91 Å². The van der Waals surface area contributed by atoms with Crippen molar-refractivity contribution in [3.63, 3.8) is 0 Å². The molecule has 0 fully saturated rings. The zero-order chi connectivity index (χ0) is 36.6. The highest BCUT2D eigenvalue weighted by Crippen LogP contribution is 2.30. The number of ether oxygens (including phenoxy) is 4. The molecule has 2 amide bonds. The molecule has 0 heterocycles. The standard InChI is InChI=1S/C41H46N2O8/c1-5-6-7-8-9-23-50-35-20-16-31(17-21-35)41(47)51-37-22-15-30(25-38(37)49-4)24-36(28(2)44)43-40(46)32-11-10-12-33(27-32)42-39(45)26-29-13-18-34(48-3)19-14-29/h10-22,25,27,36H,5-9,23-24,26H2,1-4H3,(H,42,45)(H,43,46). The number of Topliss-reactive ketones (excluding diaryl/α,β-unsaturated/α-hetero) is 1. The second-order valence-corrected chi connectivity index (χ2v) is 12.2. The lowest BCUT2D eigenvalue weighted by Crippen LogP contribution is -2.41. The first-order valence-electron chi connectivity index (χ1n) is 17.1. The Morgan fingerprint density at radius 3 is 2.10 bits per heavy atom. The molecule has 0 radical (unpaired) electrons. The van der Waals surface area contributed by atoms with Gasteiger partial charge in [-0.3, -0.25) is 14.4 Å². The van der Waals surface area contributed by atoms with Crippen molar-refractivity contribution in [1.82, 2.24) is 5.32 Å². The summed E-state index contributed by atoms with van der Waals surface area (Å²) < 4.78 is 22.1. The Kier molecular flexibility index (Phi) is 14.6. The molecule has 1 atom stereocenters. The topological polar surface area (TPSA) is 129 Å². The molecular formula is C41H46N2O8. The number of anilines is 1. The van der Waals surface area contributed by atoms with Gasteiger partial charge in [0.2, 0.25) is 5.91 Å². The SMILES string of the molecule is CCCCCCCOc1ccc(C(=O)Oc2ccc(CC(NC(=O)c3cccc(NC(=O)Cc4ccc(OC)cc4)c3)C(C)=O)cc2OC)cc1. The number of carbonyl (C=O) groups excluding carboxylic acids is 4. The second-order valence-electron chi connectivity index (χ2n) is 12.2. The van der Waals surface area contributed by atoms with E-state index in [9.17, 15) is 19.2 Å². The van der Waals surface area contributed by atoms with Crippen LogP contribution >= 0.6 is 0 Å². The number of esters is 1. The zero-order valence-electron chi connectivity index (χ0n) is 29.7. The molecule has 4 aromatic carbocycles.